The third kappa shape index (κ3) is 30.4. The van der Waals surface area contributed by atoms with Crippen molar-refractivity contribution in [3.05, 3.63) is 12.2 Å². The van der Waals surface area contributed by atoms with Gasteiger partial charge in [-0.15, -0.1) is 0 Å². The van der Waals surface area contributed by atoms with Crippen LogP contribution < -0.4 is 0 Å². The lowest BCUT2D eigenvalue weighted by molar-refractivity contribution is -0.297. The summed E-state index contributed by atoms with van der Waals surface area (Å²) >= 11 is 0. The van der Waals surface area contributed by atoms with Crippen LogP contribution in [0.2, 0.25) is 0 Å². The minimum Gasteiger partial charge on any atom is -0.462 e. The fourth-order valence-corrected chi connectivity index (χ4v) is 7.89. The molecule has 0 spiro atoms. The smallest absolute Gasteiger partial charge is 0.306 e. The van der Waals surface area contributed by atoms with Crippen molar-refractivity contribution in [2.24, 2.45) is 0 Å². The maximum Gasteiger partial charge on any atom is 0.306 e. The van der Waals surface area contributed by atoms with E-state index in [1.54, 1.807) is 0 Å². The first-order valence-electron chi connectivity index (χ1n) is 23.2. The highest BCUT2D eigenvalue weighted by molar-refractivity contribution is 7.85. The van der Waals surface area contributed by atoms with Crippen LogP contribution in [0.15, 0.2) is 12.2 Å². The Morgan fingerprint density at radius 1 is 0.569 bits per heavy atom. The summed E-state index contributed by atoms with van der Waals surface area (Å²) in [5, 5.41) is 30.9. The van der Waals surface area contributed by atoms with Gasteiger partial charge in [-0.2, -0.15) is 8.42 Å². The number of hydrogen-bond acceptors (Lipinski definition) is 11. The van der Waals surface area contributed by atoms with Crippen molar-refractivity contribution in [3.8, 4) is 0 Å². The summed E-state index contributed by atoms with van der Waals surface area (Å²) in [6.45, 7) is 3.76. The number of hydrogen-bond donors (Lipinski definition) is 4. The fourth-order valence-electron chi connectivity index (χ4n) is 7.20. The van der Waals surface area contributed by atoms with Crippen LogP contribution in [0.1, 0.15) is 206 Å². The first-order chi connectivity index (χ1) is 28.0. The van der Waals surface area contributed by atoms with Gasteiger partial charge in [0.1, 0.15) is 36.8 Å². The van der Waals surface area contributed by atoms with Gasteiger partial charge in [0, 0.05) is 12.8 Å². The van der Waals surface area contributed by atoms with E-state index in [0.717, 1.165) is 57.8 Å². The number of aliphatic hydroxyl groups is 3. The second kappa shape index (κ2) is 36.1. The van der Waals surface area contributed by atoms with Crippen molar-refractivity contribution < 1.29 is 56.8 Å². The molecule has 0 aromatic carbocycles. The lowest BCUT2D eigenvalue weighted by Gasteiger charge is -2.40. The summed E-state index contributed by atoms with van der Waals surface area (Å²) in [7, 11) is -4.60. The zero-order valence-electron chi connectivity index (χ0n) is 36.4. The highest BCUT2D eigenvalue weighted by Crippen LogP contribution is 2.24. The minimum atomic E-state index is -4.60. The van der Waals surface area contributed by atoms with Gasteiger partial charge < -0.3 is 34.3 Å². The highest BCUT2D eigenvalue weighted by atomic mass is 32.2. The Kier molecular flexibility index (Phi) is 33.8. The van der Waals surface area contributed by atoms with Gasteiger partial charge in [-0.25, -0.2) is 0 Å². The Balaban J connectivity index is 2.43. The lowest BCUT2D eigenvalue weighted by atomic mass is 10.00. The molecule has 342 valence electrons. The maximum atomic E-state index is 12.8. The van der Waals surface area contributed by atoms with Crippen LogP contribution >= 0.6 is 0 Å². The number of rotatable bonds is 39. The number of carbonyl (C=O) groups excluding carboxylic acids is 2. The second-order valence-electron chi connectivity index (χ2n) is 16.4. The lowest BCUT2D eigenvalue weighted by Crippen LogP contribution is -2.60. The van der Waals surface area contributed by atoms with Gasteiger partial charge in [0.05, 0.1) is 6.61 Å². The summed E-state index contributed by atoms with van der Waals surface area (Å²) in [6.07, 6.45) is 28.2. The van der Waals surface area contributed by atoms with Crippen LogP contribution in [0.25, 0.3) is 0 Å². The predicted molar refractivity (Wildman–Crippen MR) is 229 cm³/mol. The number of allylic oxidation sites excluding steroid dienone is 2. The number of aliphatic hydroxyl groups excluding tert-OH is 3. The monoisotopic (exact) mass is 849 g/mol. The Bertz CT molecular complexity index is 1130. The summed E-state index contributed by atoms with van der Waals surface area (Å²) < 4.78 is 54.1. The number of ether oxygens (including phenoxy) is 4. The molecule has 2 unspecified atom stereocenters. The molecular formula is C45H84O12S. The van der Waals surface area contributed by atoms with Crippen LogP contribution in [-0.2, 0) is 38.7 Å². The van der Waals surface area contributed by atoms with Gasteiger partial charge in [-0.05, 0) is 38.5 Å². The molecule has 1 heterocycles. The van der Waals surface area contributed by atoms with E-state index in [2.05, 4.69) is 26.0 Å². The largest absolute Gasteiger partial charge is 0.462 e. The molecule has 1 rings (SSSR count). The summed E-state index contributed by atoms with van der Waals surface area (Å²) in [5.74, 6) is -1.98. The first kappa shape index (κ1) is 54.4. The Hall–Kier alpha value is -1.61. The van der Waals surface area contributed by atoms with Gasteiger partial charge in [-0.3, -0.25) is 14.1 Å². The average molecular weight is 849 g/mol. The van der Waals surface area contributed by atoms with Crippen molar-refractivity contribution >= 4 is 22.1 Å². The minimum absolute atomic E-state index is 0.168. The van der Waals surface area contributed by atoms with Crippen molar-refractivity contribution in [1.29, 1.82) is 0 Å². The molecule has 0 aromatic rings. The Morgan fingerprint density at radius 2 is 0.983 bits per heavy atom. The van der Waals surface area contributed by atoms with Crippen LogP contribution in [0.5, 0.6) is 0 Å². The van der Waals surface area contributed by atoms with Crippen LogP contribution in [0.4, 0.5) is 0 Å². The zero-order chi connectivity index (χ0) is 42.7. The number of unbranched alkanes of at least 4 members (excludes halogenated alkanes) is 25. The van der Waals surface area contributed by atoms with Crippen molar-refractivity contribution in [2.75, 3.05) is 19.0 Å². The molecule has 1 aliphatic rings. The molecular weight excluding hydrogens is 765 g/mol. The topological polar surface area (TPSA) is 186 Å². The van der Waals surface area contributed by atoms with Gasteiger partial charge in [0.25, 0.3) is 10.1 Å². The Labute approximate surface area is 352 Å². The third-order valence-corrected chi connectivity index (χ3v) is 11.6. The number of carbonyl (C=O) groups is 2. The molecule has 58 heavy (non-hydrogen) atoms. The van der Waals surface area contributed by atoms with Gasteiger partial charge in [-0.1, -0.05) is 167 Å². The van der Waals surface area contributed by atoms with Crippen molar-refractivity contribution in [3.63, 3.8) is 0 Å². The molecule has 0 aliphatic carbocycles. The molecule has 0 aromatic heterocycles. The molecule has 0 radical (unpaired) electrons. The Morgan fingerprint density at radius 3 is 1.43 bits per heavy atom. The summed E-state index contributed by atoms with van der Waals surface area (Å²) in [4.78, 5) is 25.4. The van der Waals surface area contributed by atoms with Gasteiger partial charge >= 0.3 is 11.9 Å². The van der Waals surface area contributed by atoms with E-state index in [9.17, 15) is 37.9 Å². The molecule has 1 aliphatic heterocycles. The average Bonchev–Trinajstić information content (AvgIpc) is 3.18. The fraction of sp³-hybridized carbons (Fsp3) is 0.911. The quantitative estimate of drug-likeness (QED) is 0.0199. The van der Waals surface area contributed by atoms with E-state index >= 15 is 0 Å². The molecule has 13 heteroatoms. The SMILES string of the molecule is CCCCCCC/C=C/CCCCCCCC(=O)OC[C@H](CO[C@H]1O[C@H](CS(=O)(=O)O)[C@@H](O)C(O)C1O)OC(=O)CCCCCCCCCCCCCCCCCC. The third-order valence-electron chi connectivity index (χ3n) is 10.8. The predicted octanol–water partition coefficient (Wildman–Crippen LogP) is 9.45. The second-order valence-corrected chi connectivity index (χ2v) is 17.9. The van der Waals surface area contributed by atoms with E-state index in [4.69, 9.17) is 18.9 Å². The van der Waals surface area contributed by atoms with Crippen LogP contribution in [-0.4, -0.2) is 96.0 Å². The van der Waals surface area contributed by atoms with E-state index in [0.29, 0.717) is 12.8 Å². The van der Waals surface area contributed by atoms with Gasteiger partial charge in [0.2, 0.25) is 0 Å². The van der Waals surface area contributed by atoms with E-state index in [1.807, 2.05) is 0 Å². The molecule has 0 amide bonds. The summed E-state index contributed by atoms with van der Waals surface area (Å²) in [5.41, 5.74) is 0. The molecule has 6 atom stereocenters. The zero-order valence-corrected chi connectivity index (χ0v) is 37.2. The first-order valence-corrected chi connectivity index (χ1v) is 24.9. The molecule has 1 saturated heterocycles. The standard InChI is InChI=1S/C45H84O12S/c1-3-5-7-9-11-13-15-17-19-20-22-24-26-28-30-32-34-41(47)56-38(36-55-45-44(50)43(49)42(48)39(57-45)37-58(51,52)53)35-54-40(46)33-31-29-27-25-23-21-18-16-14-12-10-8-6-4-2/h16,18,38-39,42-45,48-50H,3-15,17,19-37H2,1-2H3,(H,51,52,53)/b18-16+/t38-,39-,42-,43?,44?,45+/m1/s1. The molecule has 0 saturated carbocycles. The van der Waals surface area contributed by atoms with Crippen molar-refractivity contribution in [1.82, 2.24) is 0 Å². The maximum absolute atomic E-state index is 12.8. The van der Waals surface area contributed by atoms with E-state index in [1.165, 1.54) is 109 Å². The summed E-state index contributed by atoms with van der Waals surface area (Å²) in [6, 6.07) is 0. The highest BCUT2D eigenvalue weighted by Gasteiger charge is 2.46. The van der Waals surface area contributed by atoms with Crippen LogP contribution in [0, 0.1) is 0 Å². The van der Waals surface area contributed by atoms with E-state index in [-0.39, 0.29) is 19.4 Å². The molecule has 0 bridgehead atoms. The van der Waals surface area contributed by atoms with Gasteiger partial charge in [0.15, 0.2) is 12.4 Å². The molecule has 1 fully saturated rings. The normalized spacial score (nSPS) is 20.4. The molecule has 12 nitrogen and oxygen atoms in total. The number of esters is 2. The molecule has 4 N–H and O–H groups in total. The van der Waals surface area contributed by atoms with Crippen LogP contribution in [0.3, 0.4) is 0 Å². The van der Waals surface area contributed by atoms with Crippen molar-refractivity contribution in [2.45, 2.75) is 243 Å². The van der Waals surface area contributed by atoms with E-state index < -0.39 is 71.2 Å².